The zero-order chi connectivity index (χ0) is 27.8. The zero-order valence-electron chi connectivity index (χ0n) is 20.4. The number of carbonyl (C=O) groups is 7. The van der Waals surface area contributed by atoms with Crippen molar-refractivity contribution in [3.05, 3.63) is 0 Å². The molecule has 0 saturated carbocycles. The van der Waals surface area contributed by atoms with E-state index in [2.05, 4.69) is 31.6 Å². The number of nitrogens with two attached hydrogens (primary N) is 3. The Morgan fingerprint density at radius 1 is 0.833 bits per heavy atom. The number of nitrogens with zero attached hydrogens (tertiary/aromatic N) is 1. The van der Waals surface area contributed by atoms with E-state index in [0.29, 0.717) is 19.0 Å². The lowest BCUT2D eigenvalue weighted by Gasteiger charge is -2.27. The molecule has 0 aromatic rings. The SMILES string of the molecule is CC(=O)N[C@@H](C)C(=O)N[C@@H](N[C@@H](C=O)CC(N)=O)C(=O)N[C@@H](N[C@@H](C=O)CCCN=C(N)N)C(C)=O. The van der Waals surface area contributed by atoms with E-state index in [-0.39, 0.29) is 18.9 Å². The summed E-state index contributed by atoms with van der Waals surface area (Å²) in [5.41, 5.74) is 15.6. The number of hydrogen-bond donors (Lipinski definition) is 8. The third-order valence-corrected chi connectivity index (χ3v) is 4.53. The number of aldehydes is 2. The fraction of sp³-hybridized carbons (Fsp3) is 0.600. The molecule has 0 aliphatic heterocycles. The van der Waals surface area contributed by atoms with Gasteiger partial charge in [-0.15, -0.1) is 0 Å². The number of Topliss-reactive ketones (excluding diaryl/α,β-unsaturated/α-hetero) is 1. The van der Waals surface area contributed by atoms with Crippen molar-refractivity contribution in [2.24, 2.45) is 22.2 Å². The average Bonchev–Trinajstić information content (AvgIpc) is 2.77. The number of primary amides is 1. The second-order valence-corrected chi connectivity index (χ2v) is 7.85. The van der Waals surface area contributed by atoms with Crippen LogP contribution in [0, 0.1) is 0 Å². The number of ketones is 1. The summed E-state index contributed by atoms with van der Waals surface area (Å²) in [5, 5.41) is 12.1. The molecular weight excluding hydrogens is 478 g/mol. The quantitative estimate of drug-likeness (QED) is 0.0283. The number of guanidine groups is 1. The lowest BCUT2D eigenvalue weighted by Crippen LogP contribution is -2.64. The molecule has 0 aromatic carbocycles. The Bertz CT molecular complexity index is 845. The van der Waals surface area contributed by atoms with Crippen LogP contribution in [0.15, 0.2) is 4.99 Å². The maximum absolute atomic E-state index is 12.9. The number of carbonyl (C=O) groups excluding carboxylic acids is 7. The highest BCUT2D eigenvalue weighted by molar-refractivity contribution is 5.94. The molecule has 0 bridgehead atoms. The Balaban J connectivity index is 5.56. The van der Waals surface area contributed by atoms with E-state index >= 15 is 0 Å². The van der Waals surface area contributed by atoms with Gasteiger partial charge in [0.1, 0.15) is 24.8 Å². The van der Waals surface area contributed by atoms with Gasteiger partial charge in [-0.1, -0.05) is 0 Å². The smallest absolute Gasteiger partial charge is 0.259 e. The number of nitrogens with one attached hydrogen (secondary N) is 5. The van der Waals surface area contributed by atoms with Crippen LogP contribution in [-0.2, 0) is 33.6 Å². The minimum Gasteiger partial charge on any atom is -0.370 e. The predicted octanol–water partition coefficient (Wildman–Crippen LogP) is -4.77. The molecule has 5 atom stereocenters. The van der Waals surface area contributed by atoms with Crippen molar-refractivity contribution in [1.82, 2.24) is 26.6 Å². The Morgan fingerprint density at radius 2 is 1.39 bits per heavy atom. The van der Waals surface area contributed by atoms with Crippen molar-refractivity contribution in [3.8, 4) is 0 Å². The Hall–Kier alpha value is -3.92. The van der Waals surface area contributed by atoms with Crippen molar-refractivity contribution in [1.29, 1.82) is 0 Å². The lowest BCUT2D eigenvalue weighted by molar-refractivity contribution is -0.134. The molecule has 36 heavy (non-hydrogen) atoms. The summed E-state index contributed by atoms with van der Waals surface area (Å²) in [5.74, 6) is -3.83. The van der Waals surface area contributed by atoms with Gasteiger partial charge in [-0.2, -0.15) is 0 Å². The molecule has 0 rings (SSSR count). The summed E-state index contributed by atoms with van der Waals surface area (Å²) >= 11 is 0. The molecular formula is C20H35N9O7. The molecule has 0 aliphatic carbocycles. The highest BCUT2D eigenvalue weighted by Crippen LogP contribution is 1.99. The summed E-state index contributed by atoms with van der Waals surface area (Å²) < 4.78 is 0. The minimum absolute atomic E-state index is 0.113. The molecule has 0 radical (unpaired) electrons. The zero-order valence-corrected chi connectivity index (χ0v) is 20.4. The monoisotopic (exact) mass is 513 g/mol. The molecule has 0 fully saturated rings. The van der Waals surface area contributed by atoms with Crippen LogP contribution in [0.2, 0.25) is 0 Å². The van der Waals surface area contributed by atoms with Crippen molar-refractivity contribution in [2.45, 2.75) is 70.5 Å². The molecule has 4 amide bonds. The largest absolute Gasteiger partial charge is 0.370 e. The van der Waals surface area contributed by atoms with Crippen molar-refractivity contribution >= 4 is 47.9 Å². The highest BCUT2D eigenvalue weighted by atomic mass is 16.2. The molecule has 11 N–H and O–H groups in total. The van der Waals surface area contributed by atoms with Gasteiger partial charge in [-0.3, -0.25) is 39.6 Å². The summed E-state index contributed by atoms with van der Waals surface area (Å²) in [6.45, 7) is 3.93. The fourth-order valence-electron chi connectivity index (χ4n) is 2.81. The van der Waals surface area contributed by atoms with E-state index in [1.54, 1.807) is 0 Å². The first kappa shape index (κ1) is 32.1. The van der Waals surface area contributed by atoms with Gasteiger partial charge >= 0.3 is 0 Å². The van der Waals surface area contributed by atoms with Gasteiger partial charge in [0.05, 0.1) is 12.1 Å². The number of amides is 4. The van der Waals surface area contributed by atoms with E-state index in [4.69, 9.17) is 17.2 Å². The topological polar surface area (TPSA) is 270 Å². The first-order valence-electron chi connectivity index (χ1n) is 10.9. The van der Waals surface area contributed by atoms with Crippen molar-refractivity contribution in [3.63, 3.8) is 0 Å². The minimum atomic E-state index is -1.62. The van der Waals surface area contributed by atoms with Crippen LogP contribution in [0.4, 0.5) is 0 Å². The molecule has 16 nitrogen and oxygen atoms in total. The van der Waals surface area contributed by atoms with Crippen molar-refractivity contribution in [2.75, 3.05) is 6.54 Å². The standard InChI is InChI=1S/C20H35N9O7/c1-10(25-12(3)33)18(35)29-17(27-14(9-31)7-15(21)34)19(36)28-16(11(2)32)26-13(8-30)5-4-6-24-20(22)23/h8-10,13-14,16-17,26-27H,4-7H2,1-3H3,(H2,21,34)(H,25,33)(H,28,36)(H,29,35)(H4,22,23,24)/t10-,13+,14+,16+,17+/m0/s1. The Kier molecular flexibility index (Phi) is 14.8. The van der Waals surface area contributed by atoms with Gasteiger partial charge in [0.2, 0.25) is 17.7 Å². The van der Waals surface area contributed by atoms with Crippen LogP contribution in [0.3, 0.4) is 0 Å². The molecule has 0 unspecified atom stereocenters. The maximum atomic E-state index is 12.9. The van der Waals surface area contributed by atoms with Gasteiger partial charge in [-0.05, 0) is 26.7 Å². The van der Waals surface area contributed by atoms with Crippen LogP contribution >= 0.6 is 0 Å². The van der Waals surface area contributed by atoms with E-state index < -0.39 is 66.3 Å². The number of hydrogen-bond acceptors (Lipinski definition) is 10. The Labute approximate surface area is 207 Å². The molecule has 0 heterocycles. The van der Waals surface area contributed by atoms with E-state index in [1.165, 1.54) is 13.8 Å². The molecule has 0 spiro atoms. The van der Waals surface area contributed by atoms with Gasteiger partial charge in [-0.25, -0.2) is 0 Å². The van der Waals surface area contributed by atoms with Gasteiger partial charge < -0.3 is 42.7 Å². The molecule has 0 saturated heterocycles. The van der Waals surface area contributed by atoms with Crippen LogP contribution in [0.1, 0.15) is 40.0 Å². The first-order valence-corrected chi connectivity index (χ1v) is 10.9. The third kappa shape index (κ3) is 13.7. The highest BCUT2D eigenvalue weighted by Gasteiger charge is 2.30. The van der Waals surface area contributed by atoms with E-state index in [0.717, 1.165) is 6.92 Å². The molecule has 0 aliphatic rings. The third-order valence-electron chi connectivity index (χ3n) is 4.53. The number of rotatable bonds is 18. The predicted molar refractivity (Wildman–Crippen MR) is 128 cm³/mol. The number of aliphatic imine (C=N–C) groups is 1. The van der Waals surface area contributed by atoms with E-state index in [9.17, 15) is 33.6 Å². The van der Waals surface area contributed by atoms with Crippen LogP contribution in [0.5, 0.6) is 0 Å². The normalized spacial score (nSPS) is 14.6. The fourth-order valence-corrected chi connectivity index (χ4v) is 2.81. The van der Waals surface area contributed by atoms with E-state index in [1.807, 2.05) is 0 Å². The molecule has 0 aromatic heterocycles. The van der Waals surface area contributed by atoms with Crippen LogP contribution in [0.25, 0.3) is 0 Å². The second kappa shape index (κ2) is 16.7. The molecule has 202 valence electrons. The van der Waals surface area contributed by atoms with Crippen LogP contribution < -0.4 is 43.8 Å². The van der Waals surface area contributed by atoms with Gasteiger partial charge in [0.25, 0.3) is 5.91 Å². The van der Waals surface area contributed by atoms with Crippen molar-refractivity contribution < 1.29 is 33.6 Å². The summed E-state index contributed by atoms with van der Waals surface area (Å²) in [6.07, 6.45) is -1.98. The summed E-state index contributed by atoms with van der Waals surface area (Å²) in [7, 11) is 0. The summed E-state index contributed by atoms with van der Waals surface area (Å²) in [6, 6.07) is -3.17. The maximum Gasteiger partial charge on any atom is 0.259 e. The molecule has 16 heteroatoms. The average molecular weight is 514 g/mol. The van der Waals surface area contributed by atoms with Gasteiger partial charge in [0, 0.05) is 19.9 Å². The lowest BCUT2D eigenvalue weighted by atomic mass is 10.1. The van der Waals surface area contributed by atoms with Crippen LogP contribution in [-0.4, -0.2) is 84.9 Å². The first-order chi connectivity index (χ1) is 16.8. The second-order valence-electron chi connectivity index (χ2n) is 7.85. The van der Waals surface area contributed by atoms with Gasteiger partial charge in [0.15, 0.2) is 17.9 Å². The Morgan fingerprint density at radius 3 is 1.86 bits per heavy atom. The summed E-state index contributed by atoms with van der Waals surface area (Å²) in [4.78, 5) is 86.5.